The van der Waals surface area contributed by atoms with Crippen LogP contribution < -0.4 is 16.0 Å². The Hall–Kier alpha value is -3.54. The highest BCUT2D eigenvalue weighted by atomic mass is 19.3. The van der Waals surface area contributed by atoms with E-state index in [0.29, 0.717) is 30.5 Å². The fraction of sp³-hybridized carbons (Fsp3) is 0.556. The number of piperidine rings is 2. The van der Waals surface area contributed by atoms with Gasteiger partial charge in [-0.1, -0.05) is 12.1 Å². The number of carbonyl (C=O) groups excluding carboxylic acids is 2. The minimum Gasteiger partial charge on any atom is -0.444 e. The molecule has 3 heterocycles. The Morgan fingerprint density at radius 2 is 1.85 bits per heavy atom. The van der Waals surface area contributed by atoms with Crippen LogP contribution in [0.15, 0.2) is 30.5 Å². The van der Waals surface area contributed by atoms with Crippen molar-refractivity contribution in [3.05, 3.63) is 41.7 Å². The van der Waals surface area contributed by atoms with Crippen LogP contribution in [-0.2, 0) is 4.74 Å². The minimum absolute atomic E-state index is 0.0367. The van der Waals surface area contributed by atoms with Gasteiger partial charge in [0.25, 0.3) is 11.8 Å². The Bertz CT molecular complexity index is 1180. The van der Waals surface area contributed by atoms with Gasteiger partial charge in [0, 0.05) is 38.3 Å². The standard InChI is InChI=1S/C27H36F2N6O4/c1-26(2,3)39-25(38)34-11-8-18(9-12-34)17-4-6-20(7-5-17)32-24-22(23(30)37)31-14-21(33-24)35-13-10-27(28,29)19(15-35)16-36/h4-7,14,18-19,36H,8-13,15-16H2,1-3H3,(H2,30,37)(H,32,33). The number of rotatable bonds is 6. The van der Waals surface area contributed by atoms with Crippen LogP contribution in [0.5, 0.6) is 0 Å². The van der Waals surface area contributed by atoms with Crippen molar-refractivity contribution in [2.75, 3.05) is 43.0 Å². The molecule has 0 saturated carbocycles. The summed E-state index contributed by atoms with van der Waals surface area (Å²) in [7, 11) is 0. The van der Waals surface area contributed by atoms with Crippen molar-refractivity contribution in [3.63, 3.8) is 0 Å². The molecule has 0 bridgehead atoms. The summed E-state index contributed by atoms with van der Waals surface area (Å²) in [5, 5.41) is 12.5. The Kier molecular flexibility index (Phi) is 8.24. The number of alkyl halides is 2. The lowest BCUT2D eigenvalue weighted by Crippen LogP contribution is -2.49. The lowest BCUT2D eigenvalue weighted by molar-refractivity contribution is -0.0880. The van der Waals surface area contributed by atoms with Crippen LogP contribution in [0, 0.1) is 5.92 Å². The van der Waals surface area contributed by atoms with Crippen LogP contribution in [0.2, 0.25) is 0 Å². The maximum Gasteiger partial charge on any atom is 0.410 e. The molecular formula is C27H36F2N6O4. The highest BCUT2D eigenvalue weighted by molar-refractivity contribution is 5.96. The Morgan fingerprint density at radius 1 is 1.18 bits per heavy atom. The summed E-state index contributed by atoms with van der Waals surface area (Å²) in [4.78, 5) is 36.3. The van der Waals surface area contributed by atoms with Gasteiger partial charge in [0.1, 0.15) is 11.4 Å². The van der Waals surface area contributed by atoms with Crippen molar-refractivity contribution in [3.8, 4) is 0 Å². The van der Waals surface area contributed by atoms with Crippen LogP contribution >= 0.6 is 0 Å². The van der Waals surface area contributed by atoms with Crippen molar-refractivity contribution in [2.45, 2.75) is 57.5 Å². The van der Waals surface area contributed by atoms with Crippen LogP contribution in [0.1, 0.15) is 62.0 Å². The van der Waals surface area contributed by atoms with E-state index in [1.54, 1.807) is 9.80 Å². The molecule has 12 heteroatoms. The van der Waals surface area contributed by atoms with Crippen molar-refractivity contribution in [2.24, 2.45) is 11.7 Å². The van der Waals surface area contributed by atoms with Gasteiger partial charge in [-0.05, 0) is 57.2 Å². The smallest absolute Gasteiger partial charge is 0.410 e. The third kappa shape index (κ3) is 6.92. The van der Waals surface area contributed by atoms with E-state index in [2.05, 4.69) is 15.3 Å². The number of benzene rings is 1. The SMILES string of the molecule is CC(C)(C)OC(=O)N1CCC(c2ccc(Nc3nc(N4CCC(F)(F)C(CO)C4)cnc3C(N)=O)cc2)CC1. The molecule has 0 radical (unpaired) electrons. The summed E-state index contributed by atoms with van der Waals surface area (Å²) in [6.07, 6.45) is 2.25. The van der Waals surface area contributed by atoms with Crippen molar-refractivity contribution < 1.29 is 28.2 Å². The number of aromatic nitrogens is 2. The number of aliphatic hydroxyl groups is 1. The quantitative estimate of drug-likeness (QED) is 0.497. The van der Waals surface area contributed by atoms with Crippen LogP contribution in [0.4, 0.5) is 30.9 Å². The van der Waals surface area contributed by atoms with E-state index in [1.165, 1.54) is 6.20 Å². The third-order valence-electron chi connectivity index (χ3n) is 7.08. The number of aliphatic hydroxyl groups excluding tert-OH is 1. The second-order valence-electron chi connectivity index (χ2n) is 11.1. The minimum atomic E-state index is -2.96. The van der Waals surface area contributed by atoms with Gasteiger partial charge in [0.15, 0.2) is 11.5 Å². The molecule has 2 saturated heterocycles. The number of likely N-dealkylation sites (tertiary alicyclic amines) is 1. The zero-order valence-corrected chi connectivity index (χ0v) is 22.5. The maximum absolute atomic E-state index is 14.1. The summed E-state index contributed by atoms with van der Waals surface area (Å²) < 4.78 is 33.6. The lowest BCUT2D eigenvalue weighted by Gasteiger charge is -2.38. The van der Waals surface area contributed by atoms with E-state index in [9.17, 15) is 23.5 Å². The first kappa shape index (κ1) is 28.5. The first-order chi connectivity index (χ1) is 18.4. The molecule has 212 valence electrons. The van der Waals surface area contributed by atoms with E-state index in [0.717, 1.165) is 18.4 Å². The summed E-state index contributed by atoms with van der Waals surface area (Å²) in [6.45, 7) is 6.08. The number of primary amides is 1. The van der Waals surface area contributed by atoms with Gasteiger partial charge in [-0.15, -0.1) is 0 Å². The first-order valence-corrected chi connectivity index (χ1v) is 13.1. The summed E-state index contributed by atoms with van der Waals surface area (Å²) in [5.41, 5.74) is 6.68. The predicted molar refractivity (Wildman–Crippen MR) is 142 cm³/mol. The Morgan fingerprint density at radius 3 is 2.44 bits per heavy atom. The number of carbonyl (C=O) groups is 2. The zero-order chi connectivity index (χ0) is 28.4. The van der Waals surface area contributed by atoms with Gasteiger partial charge >= 0.3 is 6.09 Å². The van der Waals surface area contributed by atoms with E-state index >= 15 is 0 Å². The molecule has 1 aromatic heterocycles. The van der Waals surface area contributed by atoms with E-state index in [-0.39, 0.29) is 30.7 Å². The number of hydrogen-bond acceptors (Lipinski definition) is 8. The molecule has 2 amide bonds. The molecule has 39 heavy (non-hydrogen) atoms. The number of amides is 2. The molecule has 2 fully saturated rings. The number of anilines is 3. The summed E-state index contributed by atoms with van der Waals surface area (Å²) in [5.74, 6) is -4.23. The van der Waals surface area contributed by atoms with Crippen LogP contribution in [0.3, 0.4) is 0 Å². The zero-order valence-electron chi connectivity index (χ0n) is 22.5. The fourth-order valence-corrected chi connectivity index (χ4v) is 4.88. The maximum atomic E-state index is 14.1. The van der Waals surface area contributed by atoms with Gasteiger partial charge < -0.3 is 30.7 Å². The molecule has 4 N–H and O–H groups in total. The number of nitrogens with one attached hydrogen (secondary N) is 1. The topological polar surface area (TPSA) is 134 Å². The van der Waals surface area contributed by atoms with Gasteiger partial charge in [-0.25, -0.2) is 23.5 Å². The Balaban J connectivity index is 1.43. The highest BCUT2D eigenvalue weighted by Crippen LogP contribution is 2.35. The molecule has 0 aliphatic carbocycles. The normalized spacial score (nSPS) is 20.0. The molecule has 4 rings (SSSR count). The van der Waals surface area contributed by atoms with Crippen molar-refractivity contribution in [1.82, 2.24) is 14.9 Å². The van der Waals surface area contributed by atoms with Gasteiger partial charge in [-0.3, -0.25) is 4.79 Å². The average Bonchev–Trinajstić information content (AvgIpc) is 2.88. The molecule has 1 unspecified atom stereocenters. The lowest BCUT2D eigenvalue weighted by atomic mass is 9.89. The molecule has 2 aromatic rings. The Labute approximate surface area is 226 Å². The number of nitrogens with zero attached hydrogens (tertiary/aromatic N) is 4. The molecule has 1 aromatic carbocycles. The number of halogens is 2. The monoisotopic (exact) mass is 546 g/mol. The van der Waals surface area contributed by atoms with Gasteiger partial charge in [0.2, 0.25) is 0 Å². The largest absolute Gasteiger partial charge is 0.444 e. The molecule has 2 aliphatic rings. The number of hydrogen-bond donors (Lipinski definition) is 3. The van der Waals surface area contributed by atoms with Gasteiger partial charge in [-0.2, -0.15) is 0 Å². The predicted octanol–water partition coefficient (Wildman–Crippen LogP) is 3.89. The third-order valence-corrected chi connectivity index (χ3v) is 7.08. The summed E-state index contributed by atoms with van der Waals surface area (Å²) in [6, 6.07) is 7.68. The van der Waals surface area contributed by atoms with Crippen molar-refractivity contribution in [1.29, 1.82) is 0 Å². The molecule has 2 aliphatic heterocycles. The first-order valence-electron chi connectivity index (χ1n) is 13.1. The van der Waals surface area contributed by atoms with Crippen molar-refractivity contribution >= 4 is 29.3 Å². The van der Waals surface area contributed by atoms with E-state index < -0.39 is 36.4 Å². The van der Waals surface area contributed by atoms with Crippen LogP contribution in [-0.4, -0.2) is 76.3 Å². The summed E-state index contributed by atoms with van der Waals surface area (Å²) >= 11 is 0. The second kappa shape index (κ2) is 11.3. The second-order valence-corrected chi connectivity index (χ2v) is 11.1. The highest BCUT2D eigenvalue weighted by Gasteiger charge is 2.44. The van der Waals surface area contributed by atoms with E-state index in [4.69, 9.17) is 10.5 Å². The number of ether oxygens (including phenoxy) is 1. The van der Waals surface area contributed by atoms with Gasteiger partial charge in [0.05, 0.1) is 18.7 Å². The molecule has 1 atom stereocenters. The fourth-order valence-electron chi connectivity index (χ4n) is 4.88. The van der Waals surface area contributed by atoms with Crippen LogP contribution in [0.25, 0.3) is 0 Å². The van der Waals surface area contributed by atoms with E-state index in [1.807, 2.05) is 45.0 Å². The number of nitrogens with two attached hydrogens (primary N) is 1. The molecule has 10 nitrogen and oxygen atoms in total. The molecular weight excluding hydrogens is 510 g/mol. The molecule has 0 spiro atoms. The average molecular weight is 547 g/mol.